The van der Waals surface area contributed by atoms with Crippen LogP contribution in [0.2, 0.25) is 0 Å². The molecule has 2 aliphatic rings. The third kappa shape index (κ3) is 4.25. The highest BCUT2D eigenvalue weighted by Crippen LogP contribution is 2.35. The lowest BCUT2D eigenvalue weighted by molar-refractivity contribution is 0.0212. The number of piperidine rings is 2. The third-order valence-corrected chi connectivity index (χ3v) is 5.92. The lowest BCUT2D eigenvalue weighted by Gasteiger charge is -2.49. The average molecular weight is 366 g/mol. The maximum absolute atomic E-state index is 5.55. The molecule has 26 heavy (non-hydrogen) atoms. The van der Waals surface area contributed by atoms with Gasteiger partial charge in [0.15, 0.2) is 5.11 Å². The van der Waals surface area contributed by atoms with Gasteiger partial charge in [-0.2, -0.15) is 0 Å². The van der Waals surface area contributed by atoms with Gasteiger partial charge in [-0.3, -0.25) is 4.90 Å². The van der Waals surface area contributed by atoms with E-state index >= 15 is 0 Å². The summed E-state index contributed by atoms with van der Waals surface area (Å²) < 4.78 is 0. The van der Waals surface area contributed by atoms with E-state index < -0.39 is 0 Å². The van der Waals surface area contributed by atoms with Crippen LogP contribution >= 0.6 is 12.2 Å². The molecule has 2 heterocycles. The number of rotatable bonds is 4. The number of hydrogen-bond acceptors (Lipinski definition) is 2. The van der Waals surface area contributed by atoms with Crippen LogP contribution in [0.25, 0.3) is 0 Å². The molecular weight excluding hydrogens is 338 g/mol. The van der Waals surface area contributed by atoms with E-state index in [1.165, 1.54) is 37.7 Å². The molecule has 2 saturated heterocycles. The predicted octanol–water partition coefficient (Wildman–Crippen LogP) is 4.56. The smallest absolute Gasteiger partial charge is 0.170 e. The highest BCUT2D eigenvalue weighted by molar-refractivity contribution is 7.80. The Morgan fingerprint density at radius 1 is 0.923 bits per heavy atom. The first-order valence-corrected chi connectivity index (χ1v) is 10.1. The van der Waals surface area contributed by atoms with Crippen LogP contribution in [-0.2, 0) is 6.54 Å². The van der Waals surface area contributed by atoms with Gasteiger partial charge in [-0.25, -0.2) is 0 Å². The van der Waals surface area contributed by atoms with Crippen molar-refractivity contribution in [1.82, 2.24) is 10.2 Å². The summed E-state index contributed by atoms with van der Waals surface area (Å²) in [4.78, 5) is 2.74. The number of para-hydroxylation sites is 1. The predicted molar refractivity (Wildman–Crippen MR) is 112 cm³/mol. The highest BCUT2D eigenvalue weighted by Gasteiger charge is 2.38. The van der Waals surface area contributed by atoms with E-state index in [1.54, 1.807) is 0 Å². The summed E-state index contributed by atoms with van der Waals surface area (Å²) >= 11 is 5.55. The number of nitrogens with zero attached hydrogens (tertiary/aromatic N) is 1. The van der Waals surface area contributed by atoms with Crippen molar-refractivity contribution in [3.05, 3.63) is 66.2 Å². The quantitative estimate of drug-likeness (QED) is 0.777. The number of anilines is 1. The number of hydrogen-bond donors (Lipinski definition) is 2. The molecule has 0 saturated carbocycles. The summed E-state index contributed by atoms with van der Waals surface area (Å²) in [5.41, 5.74) is 2.48. The molecule has 136 valence electrons. The topological polar surface area (TPSA) is 27.3 Å². The van der Waals surface area contributed by atoms with Gasteiger partial charge in [-0.1, -0.05) is 55.0 Å². The van der Waals surface area contributed by atoms with Crippen LogP contribution in [-0.4, -0.2) is 28.1 Å². The molecular formula is C22H27N3S. The van der Waals surface area contributed by atoms with Crippen molar-refractivity contribution in [1.29, 1.82) is 0 Å². The van der Waals surface area contributed by atoms with Gasteiger partial charge in [-0.05, 0) is 55.6 Å². The lowest BCUT2D eigenvalue weighted by atomic mass is 9.81. The van der Waals surface area contributed by atoms with Gasteiger partial charge in [-0.15, -0.1) is 0 Å². The molecule has 0 amide bonds. The number of thiocarbonyl (C=S) groups is 1. The minimum absolute atomic E-state index is 0.473. The molecule has 0 spiro atoms. The van der Waals surface area contributed by atoms with Gasteiger partial charge in [0.2, 0.25) is 0 Å². The molecule has 2 fully saturated rings. The molecule has 0 radical (unpaired) electrons. The Labute approximate surface area is 161 Å². The fraction of sp³-hybridized carbons (Fsp3) is 0.409. The number of benzene rings is 2. The first-order chi connectivity index (χ1) is 12.8. The van der Waals surface area contributed by atoms with Crippen LogP contribution in [0.1, 0.15) is 37.7 Å². The molecule has 0 aliphatic carbocycles. The Morgan fingerprint density at radius 2 is 1.54 bits per heavy atom. The minimum Gasteiger partial charge on any atom is -0.360 e. The Kier molecular flexibility index (Phi) is 5.51. The summed E-state index contributed by atoms with van der Waals surface area (Å²) in [6, 6.07) is 22.9. The van der Waals surface area contributed by atoms with Gasteiger partial charge < -0.3 is 10.6 Å². The molecule has 4 heteroatoms. The fourth-order valence-corrected chi connectivity index (χ4v) is 4.81. The summed E-state index contributed by atoms with van der Waals surface area (Å²) in [5.74, 6) is 0. The molecule has 4 rings (SSSR count). The zero-order chi connectivity index (χ0) is 17.8. The molecule has 0 aromatic heterocycles. The first-order valence-electron chi connectivity index (χ1n) is 9.70. The van der Waals surface area contributed by atoms with Crippen molar-refractivity contribution in [3.63, 3.8) is 0 Å². The molecule has 2 aliphatic heterocycles. The van der Waals surface area contributed by atoms with Gasteiger partial charge in [0.1, 0.15) is 0 Å². The molecule has 2 unspecified atom stereocenters. The van der Waals surface area contributed by atoms with Gasteiger partial charge in [0.05, 0.1) is 0 Å². The molecule has 2 atom stereocenters. The van der Waals surface area contributed by atoms with Gasteiger partial charge in [0, 0.05) is 30.4 Å². The van der Waals surface area contributed by atoms with Crippen molar-refractivity contribution in [3.8, 4) is 0 Å². The van der Waals surface area contributed by atoms with Gasteiger partial charge >= 0.3 is 0 Å². The van der Waals surface area contributed by atoms with Crippen molar-refractivity contribution in [2.24, 2.45) is 0 Å². The van der Waals surface area contributed by atoms with Crippen molar-refractivity contribution < 1.29 is 0 Å². The number of nitrogens with one attached hydrogen (secondary N) is 2. The molecule has 3 nitrogen and oxygen atoms in total. The Bertz CT molecular complexity index is 705. The monoisotopic (exact) mass is 365 g/mol. The minimum atomic E-state index is 0.473. The summed E-state index contributed by atoms with van der Waals surface area (Å²) in [6.07, 6.45) is 6.33. The Hall–Kier alpha value is -1.91. The Balaban J connectivity index is 1.36. The van der Waals surface area contributed by atoms with Crippen LogP contribution in [0.5, 0.6) is 0 Å². The maximum Gasteiger partial charge on any atom is 0.170 e. The van der Waals surface area contributed by atoms with Crippen LogP contribution < -0.4 is 10.6 Å². The average Bonchev–Trinajstić information content (AvgIpc) is 2.64. The first kappa shape index (κ1) is 17.5. The molecule has 2 aromatic carbocycles. The van der Waals surface area contributed by atoms with E-state index in [0.717, 1.165) is 17.3 Å². The summed E-state index contributed by atoms with van der Waals surface area (Å²) in [5, 5.41) is 7.63. The van der Waals surface area contributed by atoms with Crippen LogP contribution in [0.4, 0.5) is 5.69 Å². The summed E-state index contributed by atoms with van der Waals surface area (Å²) in [7, 11) is 0. The maximum atomic E-state index is 5.55. The van der Waals surface area contributed by atoms with E-state index in [2.05, 4.69) is 45.9 Å². The standard InChI is InChI=1S/C22H27N3S/c26-22(23-18-10-5-2-6-11-18)24-19-14-20-12-7-13-21(15-19)25(20)16-17-8-3-1-4-9-17/h1-6,8-11,19-21H,7,12-16H2,(H2,23,24,26). The molecule has 2 aromatic rings. The fourth-order valence-electron chi connectivity index (χ4n) is 4.52. The number of fused-ring (bicyclic) bond motifs is 2. The normalized spacial score (nSPS) is 25.5. The highest BCUT2D eigenvalue weighted by atomic mass is 32.1. The zero-order valence-corrected chi connectivity index (χ0v) is 15.9. The van der Waals surface area contributed by atoms with E-state index in [9.17, 15) is 0 Å². The van der Waals surface area contributed by atoms with E-state index in [-0.39, 0.29) is 0 Å². The van der Waals surface area contributed by atoms with Crippen LogP contribution in [0.15, 0.2) is 60.7 Å². The lowest BCUT2D eigenvalue weighted by Crippen LogP contribution is -2.56. The largest absolute Gasteiger partial charge is 0.360 e. The van der Waals surface area contributed by atoms with Crippen molar-refractivity contribution >= 4 is 23.0 Å². The van der Waals surface area contributed by atoms with E-state index in [4.69, 9.17) is 12.2 Å². The third-order valence-electron chi connectivity index (χ3n) is 5.70. The van der Waals surface area contributed by atoms with Crippen LogP contribution in [0, 0.1) is 0 Å². The molecule has 2 N–H and O–H groups in total. The summed E-state index contributed by atoms with van der Waals surface area (Å²) in [6.45, 7) is 1.08. The van der Waals surface area contributed by atoms with Crippen molar-refractivity contribution in [2.45, 2.75) is 56.8 Å². The SMILES string of the molecule is S=C(Nc1ccccc1)NC1CC2CCCC(C1)N2Cc1ccccc1. The second-order valence-corrected chi connectivity index (χ2v) is 7.94. The van der Waals surface area contributed by atoms with E-state index in [1.807, 2.05) is 30.3 Å². The Morgan fingerprint density at radius 3 is 2.19 bits per heavy atom. The second kappa shape index (κ2) is 8.19. The zero-order valence-electron chi connectivity index (χ0n) is 15.1. The van der Waals surface area contributed by atoms with Crippen LogP contribution in [0.3, 0.4) is 0 Å². The second-order valence-electron chi connectivity index (χ2n) is 7.53. The van der Waals surface area contributed by atoms with Crippen molar-refractivity contribution in [2.75, 3.05) is 5.32 Å². The van der Waals surface area contributed by atoms with E-state index in [0.29, 0.717) is 18.1 Å². The molecule has 2 bridgehead atoms. The van der Waals surface area contributed by atoms with Gasteiger partial charge in [0.25, 0.3) is 0 Å².